The zero-order valence-corrected chi connectivity index (χ0v) is 26.7. The fraction of sp³-hybridized carbons (Fsp3) is 0.464. The van der Waals surface area contributed by atoms with Gasteiger partial charge in [-0.2, -0.15) is 5.10 Å². The number of nitrogens with zero attached hydrogens (tertiary/aromatic N) is 4. The standard InChI is InChI=1S/C28H37N7O7S2/c1-18(2)26-27-31-19(3)33-35(27)12-13-42-22-15-20(8-9-21(22)41-4)28(38)29-10-6-11-34(17-23(36)32-26)24(37)16-30-44(39,40)25-7-5-14-43-25/h5,7-9,14-15,18,26,30H,6,10-13,16-17H2,1-4H3,(H,29,38)(H,32,36)/t26-/m0/s1. The van der Waals surface area contributed by atoms with Crippen LogP contribution in [0.25, 0.3) is 0 Å². The fourth-order valence-electron chi connectivity index (χ4n) is 4.58. The zero-order valence-electron chi connectivity index (χ0n) is 25.0. The summed E-state index contributed by atoms with van der Waals surface area (Å²) < 4.78 is 40.6. The van der Waals surface area contributed by atoms with Gasteiger partial charge in [0, 0.05) is 18.7 Å². The van der Waals surface area contributed by atoms with E-state index < -0.39 is 34.4 Å². The van der Waals surface area contributed by atoms with Crippen LogP contribution in [0.3, 0.4) is 0 Å². The van der Waals surface area contributed by atoms with E-state index in [1.807, 2.05) is 13.8 Å². The van der Waals surface area contributed by atoms with Gasteiger partial charge in [0.05, 0.1) is 32.8 Å². The van der Waals surface area contributed by atoms with Crippen LogP contribution in [0.2, 0.25) is 0 Å². The number of nitrogens with one attached hydrogen (secondary N) is 3. The minimum atomic E-state index is -3.89. The highest BCUT2D eigenvalue weighted by Crippen LogP contribution is 2.28. The molecule has 0 radical (unpaired) electrons. The number of fused-ring (bicyclic) bond motifs is 3. The van der Waals surface area contributed by atoms with Gasteiger partial charge >= 0.3 is 0 Å². The molecule has 1 aliphatic heterocycles. The third-order valence-corrected chi connectivity index (χ3v) is 9.60. The highest BCUT2D eigenvalue weighted by atomic mass is 32.2. The summed E-state index contributed by atoms with van der Waals surface area (Å²) in [6.45, 7) is 5.52. The Balaban J connectivity index is 1.59. The van der Waals surface area contributed by atoms with E-state index >= 15 is 0 Å². The van der Waals surface area contributed by atoms with Crippen molar-refractivity contribution in [1.82, 2.24) is 35.0 Å². The first-order valence-electron chi connectivity index (χ1n) is 14.1. The molecule has 3 N–H and O–H groups in total. The number of ether oxygens (including phenoxy) is 2. The molecule has 1 atom stereocenters. The largest absolute Gasteiger partial charge is 0.493 e. The average Bonchev–Trinajstić information content (AvgIpc) is 3.66. The topological polar surface area (TPSA) is 174 Å². The Labute approximate surface area is 260 Å². The van der Waals surface area contributed by atoms with Crippen molar-refractivity contribution < 1.29 is 32.3 Å². The predicted octanol–water partition coefficient (Wildman–Crippen LogP) is 1.49. The number of rotatable bonds is 6. The highest BCUT2D eigenvalue weighted by molar-refractivity contribution is 7.91. The van der Waals surface area contributed by atoms with E-state index in [1.165, 1.54) is 18.1 Å². The molecule has 0 unspecified atom stereocenters. The van der Waals surface area contributed by atoms with E-state index in [1.54, 1.807) is 41.3 Å². The van der Waals surface area contributed by atoms with Gasteiger partial charge in [-0.05, 0) is 48.9 Å². The number of amides is 3. The fourth-order valence-corrected chi connectivity index (χ4v) is 6.59. The van der Waals surface area contributed by atoms with Crippen LogP contribution in [0.15, 0.2) is 39.9 Å². The number of hydrogen-bond donors (Lipinski definition) is 3. The summed E-state index contributed by atoms with van der Waals surface area (Å²) in [7, 11) is -2.38. The van der Waals surface area contributed by atoms with Gasteiger partial charge in [0.1, 0.15) is 22.5 Å². The average molecular weight is 648 g/mol. The Morgan fingerprint density at radius 2 is 2.05 bits per heavy atom. The number of hydrogen-bond acceptors (Lipinski definition) is 10. The second-order valence-electron chi connectivity index (χ2n) is 10.4. The Morgan fingerprint density at radius 1 is 1.25 bits per heavy atom. The van der Waals surface area contributed by atoms with Crippen molar-refractivity contribution in [2.24, 2.45) is 5.92 Å². The van der Waals surface area contributed by atoms with Crippen LogP contribution in [0.1, 0.15) is 48.3 Å². The third kappa shape index (κ3) is 8.33. The van der Waals surface area contributed by atoms with Gasteiger partial charge in [-0.25, -0.2) is 22.8 Å². The number of aryl methyl sites for hydroxylation is 1. The summed E-state index contributed by atoms with van der Waals surface area (Å²) in [4.78, 5) is 45.3. The lowest BCUT2D eigenvalue weighted by Gasteiger charge is -2.26. The van der Waals surface area contributed by atoms with E-state index in [9.17, 15) is 22.8 Å². The molecule has 0 aliphatic carbocycles. The molecule has 0 spiro atoms. The van der Waals surface area contributed by atoms with Crippen molar-refractivity contribution in [2.75, 3.05) is 39.9 Å². The molecule has 3 aromatic rings. The number of sulfonamides is 1. The zero-order chi connectivity index (χ0) is 31.9. The van der Waals surface area contributed by atoms with Crippen molar-refractivity contribution in [3.63, 3.8) is 0 Å². The maximum atomic E-state index is 13.3. The molecule has 44 heavy (non-hydrogen) atoms. The molecule has 3 heterocycles. The van der Waals surface area contributed by atoms with Crippen LogP contribution in [0.5, 0.6) is 11.5 Å². The summed E-state index contributed by atoms with van der Waals surface area (Å²) in [5.74, 6) is 0.407. The lowest BCUT2D eigenvalue weighted by Crippen LogP contribution is -2.47. The number of thiophene rings is 1. The van der Waals surface area contributed by atoms with E-state index in [2.05, 4.69) is 25.4 Å². The van der Waals surface area contributed by atoms with Crippen LogP contribution in [0, 0.1) is 12.8 Å². The van der Waals surface area contributed by atoms with Crippen molar-refractivity contribution in [3.8, 4) is 11.5 Å². The molecule has 238 valence electrons. The molecule has 1 aliphatic rings. The molecule has 4 rings (SSSR count). The number of benzene rings is 1. The van der Waals surface area contributed by atoms with Crippen molar-refractivity contribution >= 4 is 39.1 Å². The Bertz CT molecular complexity index is 1570. The summed E-state index contributed by atoms with van der Waals surface area (Å²) in [6, 6.07) is 7.36. The van der Waals surface area contributed by atoms with Crippen LogP contribution in [-0.4, -0.2) is 85.7 Å². The minimum Gasteiger partial charge on any atom is -0.493 e. The molecule has 14 nitrogen and oxygen atoms in total. The van der Waals surface area contributed by atoms with Crippen molar-refractivity contribution in [2.45, 2.75) is 44.0 Å². The quantitative estimate of drug-likeness (QED) is 0.358. The lowest BCUT2D eigenvalue weighted by molar-refractivity contribution is -0.135. The maximum Gasteiger partial charge on any atom is 0.251 e. The molecule has 3 amide bonds. The SMILES string of the molecule is COc1ccc2cc1OCCn1nc(C)nc1[C@H](C(C)C)NC(=O)CN(C(=O)CNS(=O)(=O)c1cccs1)CCCNC2=O. The van der Waals surface area contributed by atoms with E-state index in [0.717, 1.165) is 11.3 Å². The minimum absolute atomic E-state index is 0.0803. The summed E-state index contributed by atoms with van der Waals surface area (Å²) in [6.07, 6.45) is 0.309. The molecular weight excluding hydrogens is 610 g/mol. The molecule has 2 bridgehead atoms. The van der Waals surface area contributed by atoms with Crippen LogP contribution >= 0.6 is 11.3 Å². The lowest BCUT2D eigenvalue weighted by atomic mass is 10.0. The second-order valence-corrected chi connectivity index (χ2v) is 13.4. The smallest absolute Gasteiger partial charge is 0.251 e. The second kappa shape index (κ2) is 14.6. The van der Waals surface area contributed by atoms with E-state index in [-0.39, 0.29) is 42.3 Å². The Hall–Kier alpha value is -4.02. The van der Waals surface area contributed by atoms with Gasteiger partial charge in [-0.15, -0.1) is 11.3 Å². The first-order chi connectivity index (χ1) is 21.0. The van der Waals surface area contributed by atoms with Crippen molar-refractivity contribution in [1.29, 1.82) is 0 Å². The maximum absolute atomic E-state index is 13.3. The highest BCUT2D eigenvalue weighted by Gasteiger charge is 2.27. The van der Waals surface area contributed by atoms with E-state index in [4.69, 9.17) is 9.47 Å². The number of methoxy groups -OCH3 is 1. The van der Waals surface area contributed by atoms with E-state index in [0.29, 0.717) is 41.7 Å². The Morgan fingerprint density at radius 3 is 2.75 bits per heavy atom. The number of carbonyl (C=O) groups excluding carboxylic acids is 3. The summed E-state index contributed by atoms with van der Waals surface area (Å²) in [5, 5.41) is 11.9. The molecule has 0 saturated heterocycles. The first kappa shape index (κ1) is 32.9. The molecule has 1 aromatic carbocycles. The van der Waals surface area contributed by atoms with Gasteiger partial charge < -0.3 is 25.0 Å². The third-order valence-electron chi connectivity index (χ3n) is 6.80. The molecular formula is C28H37N7O7S2. The molecule has 0 fully saturated rings. The van der Waals surface area contributed by atoms with Crippen molar-refractivity contribution in [3.05, 3.63) is 52.9 Å². The first-order valence-corrected chi connectivity index (χ1v) is 16.5. The van der Waals surface area contributed by atoms with Crippen LogP contribution < -0.4 is 24.8 Å². The predicted molar refractivity (Wildman–Crippen MR) is 162 cm³/mol. The molecule has 0 saturated carbocycles. The number of carbonyl (C=O) groups is 3. The number of aromatic nitrogens is 3. The van der Waals surface area contributed by atoms with Crippen LogP contribution in [0.4, 0.5) is 0 Å². The van der Waals surface area contributed by atoms with Crippen LogP contribution in [-0.2, 0) is 26.2 Å². The Kier molecular flexibility index (Phi) is 10.9. The van der Waals surface area contributed by atoms with Gasteiger partial charge in [0.15, 0.2) is 11.5 Å². The normalized spacial score (nSPS) is 17.1. The summed E-state index contributed by atoms with van der Waals surface area (Å²) >= 11 is 1.03. The monoisotopic (exact) mass is 647 g/mol. The van der Waals surface area contributed by atoms with Gasteiger partial charge in [-0.1, -0.05) is 19.9 Å². The molecule has 2 aromatic heterocycles. The van der Waals surface area contributed by atoms with Gasteiger partial charge in [-0.3, -0.25) is 14.4 Å². The van der Waals surface area contributed by atoms with Gasteiger partial charge in [0.25, 0.3) is 15.9 Å². The molecule has 16 heteroatoms. The van der Waals surface area contributed by atoms with Gasteiger partial charge in [0.2, 0.25) is 11.8 Å². The summed E-state index contributed by atoms with van der Waals surface area (Å²) in [5.41, 5.74) is 0.356.